The number of rotatable bonds is 4. The lowest BCUT2D eigenvalue weighted by Crippen LogP contribution is -2.45. The SMILES string of the molecule is O=C(O)[C@H]1CC=CC[C@H]1C(=O)NC1CCCC1CO. The van der Waals surface area contributed by atoms with Crippen molar-refractivity contribution in [1.82, 2.24) is 5.32 Å². The summed E-state index contributed by atoms with van der Waals surface area (Å²) >= 11 is 0. The van der Waals surface area contributed by atoms with Gasteiger partial charge in [-0.15, -0.1) is 0 Å². The molecule has 4 atom stereocenters. The number of aliphatic hydroxyl groups is 1. The van der Waals surface area contributed by atoms with Crippen LogP contribution in [0.2, 0.25) is 0 Å². The monoisotopic (exact) mass is 267 g/mol. The third kappa shape index (κ3) is 3.15. The van der Waals surface area contributed by atoms with Gasteiger partial charge in [-0.3, -0.25) is 9.59 Å². The van der Waals surface area contributed by atoms with Crippen LogP contribution >= 0.6 is 0 Å². The number of nitrogens with one attached hydrogen (secondary N) is 1. The first-order chi connectivity index (χ1) is 9.13. The Morgan fingerprint density at radius 1 is 1.16 bits per heavy atom. The van der Waals surface area contributed by atoms with Crippen LogP contribution in [0.4, 0.5) is 0 Å². The molecule has 5 heteroatoms. The Morgan fingerprint density at radius 3 is 2.47 bits per heavy atom. The van der Waals surface area contributed by atoms with E-state index in [4.69, 9.17) is 5.11 Å². The van der Waals surface area contributed by atoms with Gasteiger partial charge in [0.2, 0.25) is 5.91 Å². The van der Waals surface area contributed by atoms with Crippen molar-refractivity contribution in [3.05, 3.63) is 12.2 Å². The molecule has 1 amide bonds. The fourth-order valence-electron chi connectivity index (χ4n) is 3.11. The average Bonchev–Trinajstić information content (AvgIpc) is 2.85. The molecule has 0 bridgehead atoms. The lowest BCUT2D eigenvalue weighted by atomic mass is 9.82. The van der Waals surface area contributed by atoms with Crippen LogP contribution in [0, 0.1) is 17.8 Å². The van der Waals surface area contributed by atoms with E-state index in [0.29, 0.717) is 12.8 Å². The molecule has 0 spiro atoms. The van der Waals surface area contributed by atoms with Crippen LogP contribution in [0.15, 0.2) is 12.2 Å². The Balaban J connectivity index is 1.98. The standard InChI is InChI=1S/C14H21NO4/c16-8-9-4-3-7-12(9)15-13(17)10-5-1-2-6-11(10)14(18)19/h1-2,9-12,16H,3-8H2,(H,15,17)(H,18,19)/t9?,10-,11+,12?/m1/s1. The highest BCUT2D eigenvalue weighted by Gasteiger charge is 2.36. The Morgan fingerprint density at radius 2 is 1.84 bits per heavy atom. The predicted molar refractivity (Wildman–Crippen MR) is 69.3 cm³/mol. The highest BCUT2D eigenvalue weighted by Crippen LogP contribution is 2.29. The van der Waals surface area contributed by atoms with E-state index in [1.54, 1.807) is 0 Å². The van der Waals surface area contributed by atoms with Gasteiger partial charge in [-0.2, -0.15) is 0 Å². The van der Waals surface area contributed by atoms with Crippen molar-refractivity contribution in [2.24, 2.45) is 17.8 Å². The molecule has 0 aromatic rings. The van der Waals surface area contributed by atoms with Crippen molar-refractivity contribution in [3.8, 4) is 0 Å². The first-order valence-corrected chi connectivity index (χ1v) is 6.92. The fraction of sp³-hybridized carbons (Fsp3) is 0.714. The second-order valence-corrected chi connectivity index (χ2v) is 5.48. The second-order valence-electron chi connectivity index (χ2n) is 5.48. The second kappa shape index (κ2) is 6.19. The maximum Gasteiger partial charge on any atom is 0.307 e. The van der Waals surface area contributed by atoms with Gasteiger partial charge in [0.05, 0.1) is 11.8 Å². The number of carbonyl (C=O) groups is 2. The molecule has 0 radical (unpaired) electrons. The molecule has 0 aromatic heterocycles. The van der Waals surface area contributed by atoms with Crippen molar-refractivity contribution in [2.45, 2.75) is 38.1 Å². The van der Waals surface area contributed by atoms with E-state index in [2.05, 4.69) is 5.32 Å². The van der Waals surface area contributed by atoms with Crippen LogP contribution in [-0.4, -0.2) is 34.7 Å². The van der Waals surface area contributed by atoms with Crippen molar-refractivity contribution < 1.29 is 19.8 Å². The summed E-state index contributed by atoms with van der Waals surface area (Å²) in [7, 11) is 0. The van der Waals surface area contributed by atoms with Crippen LogP contribution in [0.25, 0.3) is 0 Å². The minimum Gasteiger partial charge on any atom is -0.481 e. The molecule has 19 heavy (non-hydrogen) atoms. The van der Waals surface area contributed by atoms with Gasteiger partial charge >= 0.3 is 5.97 Å². The summed E-state index contributed by atoms with van der Waals surface area (Å²) in [6.07, 6.45) is 7.41. The van der Waals surface area contributed by atoms with Crippen LogP contribution < -0.4 is 5.32 Å². The fourth-order valence-corrected chi connectivity index (χ4v) is 3.11. The largest absolute Gasteiger partial charge is 0.481 e. The van der Waals surface area contributed by atoms with Gasteiger partial charge in [0.1, 0.15) is 0 Å². The molecule has 2 aliphatic carbocycles. The van der Waals surface area contributed by atoms with E-state index < -0.39 is 17.8 Å². The topological polar surface area (TPSA) is 86.6 Å². The molecule has 2 unspecified atom stereocenters. The minimum absolute atomic E-state index is 0.00199. The Bertz CT molecular complexity index is 380. The normalized spacial score (nSPS) is 34.2. The van der Waals surface area contributed by atoms with Crippen molar-refractivity contribution in [2.75, 3.05) is 6.61 Å². The van der Waals surface area contributed by atoms with Gasteiger partial charge in [-0.05, 0) is 25.7 Å². The minimum atomic E-state index is -0.908. The maximum absolute atomic E-state index is 12.2. The summed E-state index contributed by atoms with van der Waals surface area (Å²) in [5.41, 5.74) is 0. The van der Waals surface area contributed by atoms with Crippen LogP contribution in [-0.2, 0) is 9.59 Å². The van der Waals surface area contributed by atoms with E-state index in [-0.39, 0.29) is 24.5 Å². The van der Waals surface area contributed by atoms with E-state index >= 15 is 0 Å². The summed E-state index contributed by atoms with van der Waals surface area (Å²) in [4.78, 5) is 23.4. The average molecular weight is 267 g/mol. The number of allylic oxidation sites excluding steroid dienone is 2. The molecule has 0 aromatic carbocycles. The number of aliphatic hydroxyl groups excluding tert-OH is 1. The Kier molecular flexibility index (Phi) is 4.58. The molecule has 3 N–H and O–H groups in total. The van der Waals surface area contributed by atoms with Gasteiger partial charge in [0, 0.05) is 18.6 Å². The number of aliphatic carboxylic acids is 1. The van der Waals surface area contributed by atoms with Gasteiger partial charge < -0.3 is 15.5 Å². The Labute approximate surface area is 112 Å². The first-order valence-electron chi connectivity index (χ1n) is 6.92. The summed E-state index contributed by atoms with van der Waals surface area (Å²) in [5.74, 6) is -2.08. The smallest absolute Gasteiger partial charge is 0.307 e. The molecular formula is C14H21NO4. The van der Waals surface area contributed by atoms with Gasteiger partial charge in [0.15, 0.2) is 0 Å². The van der Waals surface area contributed by atoms with Gasteiger partial charge in [-0.1, -0.05) is 18.6 Å². The summed E-state index contributed by atoms with van der Waals surface area (Å²) < 4.78 is 0. The summed E-state index contributed by atoms with van der Waals surface area (Å²) in [5, 5.41) is 21.3. The molecule has 1 fully saturated rings. The number of carbonyl (C=O) groups excluding carboxylic acids is 1. The molecule has 106 valence electrons. The number of hydrogen-bond donors (Lipinski definition) is 3. The van der Waals surface area contributed by atoms with Gasteiger partial charge in [0.25, 0.3) is 0 Å². The molecular weight excluding hydrogens is 246 g/mol. The van der Waals surface area contributed by atoms with E-state index in [1.165, 1.54) is 0 Å². The zero-order valence-electron chi connectivity index (χ0n) is 10.9. The van der Waals surface area contributed by atoms with Crippen molar-refractivity contribution in [1.29, 1.82) is 0 Å². The summed E-state index contributed by atoms with van der Waals surface area (Å²) in [6.45, 7) is 0.0812. The summed E-state index contributed by atoms with van der Waals surface area (Å²) in [6, 6.07) is -0.00199. The lowest BCUT2D eigenvalue weighted by Gasteiger charge is -2.27. The zero-order valence-corrected chi connectivity index (χ0v) is 10.9. The molecule has 2 aliphatic rings. The highest BCUT2D eigenvalue weighted by atomic mass is 16.4. The van der Waals surface area contributed by atoms with Crippen LogP contribution in [0.1, 0.15) is 32.1 Å². The first kappa shape index (κ1) is 14.1. The number of carboxylic acids is 1. The van der Waals surface area contributed by atoms with Crippen molar-refractivity contribution >= 4 is 11.9 Å². The molecule has 1 saturated carbocycles. The maximum atomic E-state index is 12.2. The predicted octanol–water partition coefficient (Wildman–Crippen LogP) is 0.931. The van der Waals surface area contributed by atoms with Crippen LogP contribution in [0.5, 0.6) is 0 Å². The van der Waals surface area contributed by atoms with E-state index in [1.807, 2.05) is 12.2 Å². The van der Waals surface area contributed by atoms with Gasteiger partial charge in [-0.25, -0.2) is 0 Å². The quantitative estimate of drug-likeness (QED) is 0.661. The Hall–Kier alpha value is -1.36. The number of carboxylic acid groups (broad SMARTS) is 1. The molecule has 0 aliphatic heterocycles. The highest BCUT2D eigenvalue weighted by molar-refractivity contribution is 5.85. The van der Waals surface area contributed by atoms with E-state index in [0.717, 1.165) is 19.3 Å². The van der Waals surface area contributed by atoms with Crippen molar-refractivity contribution in [3.63, 3.8) is 0 Å². The molecule has 2 rings (SSSR count). The molecule has 0 heterocycles. The third-order valence-corrected chi connectivity index (χ3v) is 4.31. The third-order valence-electron chi connectivity index (χ3n) is 4.31. The lowest BCUT2D eigenvalue weighted by molar-refractivity contribution is -0.147. The zero-order chi connectivity index (χ0) is 13.8. The molecule has 0 saturated heterocycles. The van der Waals surface area contributed by atoms with Crippen LogP contribution in [0.3, 0.4) is 0 Å². The van der Waals surface area contributed by atoms with E-state index in [9.17, 15) is 14.7 Å². The number of hydrogen-bond acceptors (Lipinski definition) is 3. The number of amides is 1. The molecule has 5 nitrogen and oxygen atoms in total.